The lowest BCUT2D eigenvalue weighted by Crippen LogP contribution is -2.37. The number of nitrogens with zero attached hydrogens (tertiary/aromatic N) is 1. The van der Waals surface area contributed by atoms with Crippen molar-refractivity contribution in [3.63, 3.8) is 0 Å². The summed E-state index contributed by atoms with van der Waals surface area (Å²) in [6.07, 6.45) is 1.39. The van der Waals surface area contributed by atoms with Gasteiger partial charge in [-0.05, 0) is 78.6 Å². The fourth-order valence-corrected chi connectivity index (χ4v) is 3.39. The third-order valence-electron chi connectivity index (χ3n) is 5.39. The Morgan fingerprint density at radius 3 is 2.54 bits per heavy atom. The monoisotopic (exact) mass is 502 g/mol. The molecular weight excluding hydrogens is 476 g/mol. The highest BCUT2D eigenvalue weighted by Gasteiger charge is 2.15. The number of ether oxygens (including phenoxy) is 3. The summed E-state index contributed by atoms with van der Waals surface area (Å²) in [4.78, 5) is 36.2. The van der Waals surface area contributed by atoms with E-state index in [-0.39, 0.29) is 25.9 Å². The zero-order valence-electron chi connectivity index (χ0n) is 20.4. The zero-order valence-corrected chi connectivity index (χ0v) is 20.4. The minimum atomic E-state index is -0.896. The molecule has 0 saturated carbocycles. The number of aryl methyl sites for hydroxylation is 2. The fourth-order valence-electron chi connectivity index (χ4n) is 3.39. The molecule has 0 radical (unpaired) electrons. The van der Waals surface area contributed by atoms with E-state index in [1.54, 1.807) is 42.5 Å². The molecule has 3 aromatic rings. The van der Waals surface area contributed by atoms with Crippen LogP contribution < -0.4 is 30.3 Å². The number of amides is 3. The Morgan fingerprint density at radius 2 is 1.73 bits per heavy atom. The molecule has 0 aliphatic carbocycles. The van der Waals surface area contributed by atoms with E-state index in [4.69, 9.17) is 14.2 Å². The smallest absolute Gasteiger partial charge is 0.329 e. The summed E-state index contributed by atoms with van der Waals surface area (Å²) in [5.74, 6) is -0.248. The highest BCUT2D eigenvalue weighted by atomic mass is 16.7. The average Bonchev–Trinajstić information content (AvgIpc) is 3.37. The summed E-state index contributed by atoms with van der Waals surface area (Å²) in [5.41, 5.74) is 6.38. The number of carbonyl (C=O) groups excluding carboxylic acids is 3. The first kappa shape index (κ1) is 25.2. The molecule has 3 amide bonds. The lowest BCUT2D eigenvalue weighted by molar-refractivity contribution is -0.139. The van der Waals surface area contributed by atoms with Crippen molar-refractivity contribution in [3.05, 3.63) is 82.9 Å². The van der Waals surface area contributed by atoms with Crippen molar-refractivity contribution in [2.75, 3.05) is 18.7 Å². The number of anilines is 1. The molecule has 10 nitrogen and oxygen atoms in total. The summed E-state index contributed by atoms with van der Waals surface area (Å²) >= 11 is 0. The first-order chi connectivity index (χ1) is 17.9. The van der Waals surface area contributed by atoms with Gasteiger partial charge in [0, 0.05) is 12.2 Å². The lowest BCUT2D eigenvalue weighted by atomic mass is 10.1. The molecule has 0 saturated heterocycles. The summed E-state index contributed by atoms with van der Waals surface area (Å²) in [6.45, 7) is 4.05. The van der Waals surface area contributed by atoms with Gasteiger partial charge in [0.25, 0.3) is 5.91 Å². The van der Waals surface area contributed by atoms with Gasteiger partial charge in [-0.3, -0.25) is 14.4 Å². The van der Waals surface area contributed by atoms with Crippen LogP contribution in [0.3, 0.4) is 0 Å². The summed E-state index contributed by atoms with van der Waals surface area (Å²) in [6, 6.07) is 17.8. The maximum Gasteiger partial charge on any atom is 0.329 e. The second kappa shape index (κ2) is 11.7. The molecule has 1 heterocycles. The topological polar surface area (TPSA) is 127 Å². The van der Waals surface area contributed by atoms with Crippen LogP contribution in [0.25, 0.3) is 0 Å². The number of benzene rings is 3. The van der Waals surface area contributed by atoms with Gasteiger partial charge in [0.15, 0.2) is 18.1 Å². The summed E-state index contributed by atoms with van der Waals surface area (Å²) < 4.78 is 16.1. The number of hydrazone groups is 1. The minimum Gasteiger partial charge on any atom is -0.484 e. The Labute approximate surface area is 213 Å². The van der Waals surface area contributed by atoms with E-state index in [0.717, 1.165) is 22.4 Å². The Balaban J connectivity index is 1.18. The molecule has 37 heavy (non-hydrogen) atoms. The molecule has 3 aromatic carbocycles. The van der Waals surface area contributed by atoms with Gasteiger partial charge in [0.05, 0.1) is 6.21 Å². The number of rotatable bonds is 8. The molecule has 1 aliphatic rings. The van der Waals surface area contributed by atoms with Crippen molar-refractivity contribution >= 4 is 29.6 Å². The molecule has 0 atom stereocenters. The summed E-state index contributed by atoms with van der Waals surface area (Å²) in [5, 5.41) is 9.16. The van der Waals surface area contributed by atoms with Crippen LogP contribution in [0.1, 0.15) is 22.3 Å². The van der Waals surface area contributed by atoms with E-state index in [2.05, 4.69) is 21.2 Å². The van der Waals surface area contributed by atoms with Crippen LogP contribution in [0.4, 0.5) is 5.69 Å². The van der Waals surface area contributed by atoms with Crippen LogP contribution in [-0.4, -0.2) is 37.3 Å². The minimum absolute atomic E-state index is 0.141. The molecule has 4 rings (SSSR count). The van der Waals surface area contributed by atoms with E-state index >= 15 is 0 Å². The van der Waals surface area contributed by atoms with Crippen LogP contribution in [0.15, 0.2) is 65.8 Å². The second-order valence-corrected chi connectivity index (χ2v) is 8.29. The largest absolute Gasteiger partial charge is 0.484 e. The highest BCUT2D eigenvalue weighted by Crippen LogP contribution is 2.32. The van der Waals surface area contributed by atoms with Crippen LogP contribution in [0, 0.1) is 13.8 Å². The molecule has 190 valence electrons. The van der Waals surface area contributed by atoms with Gasteiger partial charge in [-0.1, -0.05) is 18.2 Å². The van der Waals surface area contributed by atoms with Crippen LogP contribution >= 0.6 is 0 Å². The van der Waals surface area contributed by atoms with E-state index in [0.29, 0.717) is 22.8 Å². The van der Waals surface area contributed by atoms with Gasteiger partial charge in [-0.2, -0.15) is 5.10 Å². The first-order valence-electron chi connectivity index (χ1n) is 11.5. The quantitative estimate of drug-likeness (QED) is 0.247. The molecule has 0 spiro atoms. The lowest BCUT2D eigenvalue weighted by Gasteiger charge is -2.10. The van der Waals surface area contributed by atoms with Crippen molar-refractivity contribution in [2.24, 2.45) is 5.10 Å². The van der Waals surface area contributed by atoms with Crippen molar-refractivity contribution < 1.29 is 28.6 Å². The van der Waals surface area contributed by atoms with Crippen molar-refractivity contribution in [1.82, 2.24) is 10.7 Å². The molecule has 0 fully saturated rings. The SMILES string of the molecule is Cc1ccc(C)c(NC(=O)COc2ccc(/C=N\NC(=O)C(=O)NCc3ccc4c(c3)OCO4)cc2)c1. The third kappa shape index (κ3) is 7.07. The van der Waals surface area contributed by atoms with Gasteiger partial charge >= 0.3 is 11.8 Å². The zero-order chi connectivity index (χ0) is 26.2. The van der Waals surface area contributed by atoms with E-state index in [1.165, 1.54) is 6.21 Å². The average molecular weight is 503 g/mol. The van der Waals surface area contributed by atoms with Crippen molar-refractivity contribution in [1.29, 1.82) is 0 Å². The van der Waals surface area contributed by atoms with Crippen LogP contribution in [0.5, 0.6) is 17.2 Å². The normalized spacial score (nSPS) is 11.7. The van der Waals surface area contributed by atoms with Gasteiger partial charge in [-0.25, -0.2) is 5.43 Å². The molecule has 0 aromatic heterocycles. The van der Waals surface area contributed by atoms with Crippen LogP contribution in [0.2, 0.25) is 0 Å². The van der Waals surface area contributed by atoms with Crippen molar-refractivity contribution in [2.45, 2.75) is 20.4 Å². The fraction of sp³-hybridized carbons (Fsp3) is 0.185. The van der Waals surface area contributed by atoms with Crippen molar-refractivity contribution in [3.8, 4) is 17.2 Å². The Hall–Kier alpha value is -4.86. The molecule has 10 heteroatoms. The maximum absolute atomic E-state index is 12.2. The predicted octanol–water partition coefficient (Wildman–Crippen LogP) is 2.82. The molecule has 0 unspecified atom stereocenters. The van der Waals surface area contributed by atoms with Gasteiger partial charge < -0.3 is 24.8 Å². The maximum atomic E-state index is 12.2. The van der Waals surface area contributed by atoms with Gasteiger partial charge in [-0.15, -0.1) is 0 Å². The predicted molar refractivity (Wildman–Crippen MR) is 137 cm³/mol. The van der Waals surface area contributed by atoms with Crippen LogP contribution in [-0.2, 0) is 20.9 Å². The highest BCUT2D eigenvalue weighted by molar-refractivity contribution is 6.35. The molecular formula is C27H26N4O6. The third-order valence-corrected chi connectivity index (χ3v) is 5.39. The van der Waals surface area contributed by atoms with E-state index < -0.39 is 11.8 Å². The second-order valence-electron chi connectivity index (χ2n) is 8.29. The summed E-state index contributed by atoms with van der Waals surface area (Å²) in [7, 11) is 0. The number of nitrogens with one attached hydrogen (secondary N) is 3. The Morgan fingerprint density at radius 1 is 0.946 bits per heavy atom. The number of fused-ring (bicyclic) bond motifs is 1. The van der Waals surface area contributed by atoms with E-state index in [1.807, 2.05) is 32.0 Å². The number of hydrogen-bond acceptors (Lipinski definition) is 7. The Kier molecular flexibility index (Phi) is 7.99. The van der Waals surface area contributed by atoms with Gasteiger partial charge in [0.2, 0.25) is 6.79 Å². The molecule has 1 aliphatic heterocycles. The molecule has 0 bridgehead atoms. The number of carbonyl (C=O) groups is 3. The van der Waals surface area contributed by atoms with Gasteiger partial charge in [0.1, 0.15) is 5.75 Å². The Bertz CT molecular complexity index is 1340. The first-order valence-corrected chi connectivity index (χ1v) is 11.5. The molecule has 3 N–H and O–H groups in total. The standard InChI is InChI=1S/C27H26N4O6/c1-17-3-4-18(2)22(11-17)30-25(32)15-35-21-8-5-19(6-9-21)14-29-31-27(34)26(33)28-13-20-7-10-23-24(12-20)37-16-36-23/h3-12,14H,13,15-16H2,1-2H3,(H,28,33)(H,30,32)(H,31,34)/b29-14-. The number of hydrogen-bond donors (Lipinski definition) is 3. The van der Waals surface area contributed by atoms with E-state index in [9.17, 15) is 14.4 Å².